The lowest BCUT2D eigenvalue weighted by atomic mass is 10.2. The fraction of sp³-hybridized carbons (Fsp3) is 0.286. The van der Waals surface area contributed by atoms with Crippen molar-refractivity contribution in [3.8, 4) is 23.0 Å². The molecular formula is C21H24ClN3O6. The molecule has 0 aliphatic rings. The number of hydrazone groups is 1. The number of amides is 2. The van der Waals surface area contributed by atoms with Gasteiger partial charge >= 0.3 is 0 Å². The summed E-state index contributed by atoms with van der Waals surface area (Å²) in [5.41, 5.74) is 3.54. The molecule has 0 heterocycles. The second-order valence-corrected chi connectivity index (χ2v) is 6.68. The molecule has 9 nitrogen and oxygen atoms in total. The van der Waals surface area contributed by atoms with Crippen molar-refractivity contribution >= 4 is 34.8 Å². The summed E-state index contributed by atoms with van der Waals surface area (Å²) in [6.07, 6.45) is -0.0552. The van der Waals surface area contributed by atoms with Crippen molar-refractivity contribution in [1.29, 1.82) is 0 Å². The van der Waals surface area contributed by atoms with Crippen molar-refractivity contribution < 1.29 is 28.5 Å². The van der Waals surface area contributed by atoms with Crippen molar-refractivity contribution in [2.75, 3.05) is 33.8 Å². The average molecular weight is 450 g/mol. The van der Waals surface area contributed by atoms with E-state index in [1.807, 2.05) is 0 Å². The van der Waals surface area contributed by atoms with E-state index < -0.39 is 5.91 Å². The van der Waals surface area contributed by atoms with Crippen LogP contribution in [-0.2, 0) is 4.79 Å². The topological polar surface area (TPSA) is 107 Å². The summed E-state index contributed by atoms with van der Waals surface area (Å²) in [5.74, 6) is 0.891. The smallest absolute Gasteiger partial charge is 0.271 e. The van der Waals surface area contributed by atoms with E-state index in [-0.39, 0.29) is 12.3 Å². The molecular weight excluding hydrogens is 426 g/mol. The zero-order valence-electron chi connectivity index (χ0n) is 17.9. The summed E-state index contributed by atoms with van der Waals surface area (Å²) in [7, 11) is 5.92. The van der Waals surface area contributed by atoms with E-state index in [0.717, 1.165) is 0 Å². The number of carbonyl (C=O) groups excluding carboxylic acids is 2. The van der Waals surface area contributed by atoms with Crippen LogP contribution in [0.3, 0.4) is 0 Å². The molecule has 0 saturated carbocycles. The van der Waals surface area contributed by atoms with Gasteiger partial charge in [-0.15, -0.1) is 0 Å². The standard InChI is InChI=1S/C21H24ClN3O6/c1-12(24-25-21(27)13-6-7-16(28-2)19(9-13)31-5)8-20(26)23-15-11-17(29-3)14(22)10-18(15)30-4/h6-7,9-11H,8H2,1-5H3,(H,23,26)(H,25,27)/b24-12+. The minimum absolute atomic E-state index is 0.0552. The number of rotatable bonds is 9. The van der Waals surface area contributed by atoms with Gasteiger partial charge in [0.15, 0.2) is 11.5 Å². The largest absolute Gasteiger partial charge is 0.495 e. The number of methoxy groups -OCH3 is 4. The van der Waals surface area contributed by atoms with E-state index in [0.29, 0.717) is 45.0 Å². The normalized spacial score (nSPS) is 10.8. The van der Waals surface area contributed by atoms with E-state index in [2.05, 4.69) is 15.8 Å². The minimum atomic E-state index is -0.454. The number of hydrogen-bond acceptors (Lipinski definition) is 7. The molecule has 0 aliphatic carbocycles. The highest BCUT2D eigenvalue weighted by Gasteiger charge is 2.14. The van der Waals surface area contributed by atoms with E-state index in [1.165, 1.54) is 34.5 Å². The molecule has 0 atom stereocenters. The molecule has 2 N–H and O–H groups in total. The molecule has 10 heteroatoms. The van der Waals surface area contributed by atoms with Crippen LogP contribution < -0.4 is 29.7 Å². The Balaban J connectivity index is 2.02. The maximum atomic E-state index is 12.4. The SMILES string of the molecule is COc1cc(NC(=O)C/C(C)=N/NC(=O)c2ccc(OC)c(OC)c2)c(OC)cc1Cl. The summed E-state index contributed by atoms with van der Waals surface area (Å²) >= 11 is 6.07. The van der Waals surface area contributed by atoms with Crippen LogP contribution >= 0.6 is 11.6 Å². The Hall–Kier alpha value is -3.46. The molecule has 166 valence electrons. The molecule has 0 fully saturated rings. The van der Waals surface area contributed by atoms with Crippen LogP contribution in [0.1, 0.15) is 23.7 Å². The fourth-order valence-electron chi connectivity index (χ4n) is 2.61. The van der Waals surface area contributed by atoms with Crippen LogP contribution in [0.15, 0.2) is 35.4 Å². The van der Waals surface area contributed by atoms with E-state index in [4.69, 9.17) is 30.5 Å². The van der Waals surface area contributed by atoms with Gasteiger partial charge in [-0.2, -0.15) is 5.10 Å². The number of ether oxygens (including phenoxy) is 4. The molecule has 0 aromatic heterocycles. The third-order valence-electron chi connectivity index (χ3n) is 4.16. The molecule has 0 saturated heterocycles. The van der Waals surface area contributed by atoms with Crippen LogP contribution in [0.25, 0.3) is 0 Å². The third-order valence-corrected chi connectivity index (χ3v) is 4.45. The van der Waals surface area contributed by atoms with Gasteiger partial charge in [-0.1, -0.05) is 11.6 Å². The highest BCUT2D eigenvalue weighted by molar-refractivity contribution is 6.32. The van der Waals surface area contributed by atoms with Crippen molar-refractivity contribution in [2.45, 2.75) is 13.3 Å². The molecule has 2 amide bonds. The predicted molar refractivity (Wildman–Crippen MR) is 118 cm³/mol. The minimum Gasteiger partial charge on any atom is -0.495 e. The lowest BCUT2D eigenvalue weighted by Gasteiger charge is -2.13. The Morgan fingerprint density at radius 3 is 2.16 bits per heavy atom. The molecule has 0 spiro atoms. The zero-order chi connectivity index (χ0) is 23.0. The molecule has 2 aromatic rings. The van der Waals surface area contributed by atoms with Gasteiger partial charge in [-0.3, -0.25) is 9.59 Å². The quantitative estimate of drug-likeness (QED) is 0.448. The average Bonchev–Trinajstić information content (AvgIpc) is 2.77. The summed E-state index contributed by atoms with van der Waals surface area (Å²) in [5, 5.41) is 7.05. The highest BCUT2D eigenvalue weighted by atomic mass is 35.5. The second-order valence-electron chi connectivity index (χ2n) is 6.27. The Labute approximate surface area is 185 Å². The molecule has 31 heavy (non-hydrogen) atoms. The summed E-state index contributed by atoms with van der Waals surface area (Å²) in [6, 6.07) is 7.83. The Morgan fingerprint density at radius 1 is 0.903 bits per heavy atom. The number of anilines is 1. The van der Waals surface area contributed by atoms with E-state index in [1.54, 1.807) is 31.2 Å². The van der Waals surface area contributed by atoms with Crippen LogP contribution in [0.5, 0.6) is 23.0 Å². The highest BCUT2D eigenvalue weighted by Crippen LogP contribution is 2.35. The number of hydrogen-bond donors (Lipinski definition) is 2. The van der Waals surface area contributed by atoms with Crippen LogP contribution in [-0.4, -0.2) is 46.0 Å². The van der Waals surface area contributed by atoms with Gasteiger partial charge in [0.05, 0.1) is 45.6 Å². The van der Waals surface area contributed by atoms with Gasteiger partial charge in [-0.25, -0.2) is 5.43 Å². The Bertz CT molecular complexity index is 993. The van der Waals surface area contributed by atoms with E-state index in [9.17, 15) is 9.59 Å². The number of halogens is 1. The molecule has 2 aromatic carbocycles. The molecule has 0 bridgehead atoms. The Kier molecular flexibility index (Phi) is 8.51. The molecule has 0 radical (unpaired) electrons. The summed E-state index contributed by atoms with van der Waals surface area (Å²) in [4.78, 5) is 24.7. The van der Waals surface area contributed by atoms with Gasteiger partial charge in [0, 0.05) is 23.4 Å². The van der Waals surface area contributed by atoms with E-state index >= 15 is 0 Å². The second kappa shape index (κ2) is 11.1. The fourth-order valence-corrected chi connectivity index (χ4v) is 2.84. The first-order chi connectivity index (χ1) is 14.8. The first-order valence-corrected chi connectivity index (χ1v) is 9.47. The van der Waals surface area contributed by atoms with Crippen LogP contribution in [0.2, 0.25) is 5.02 Å². The number of nitrogens with one attached hydrogen (secondary N) is 2. The number of benzene rings is 2. The first kappa shape index (κ1) is 23.8. The van der Waals surface area contributed by atoms with Gasteiger partial charge in [-0.05, 0) is 25.1 Å². The molecule has 0 unspecified atom stereocenters. The van der Waals surface area contributed by atoms with Gasteiger partial charge < -0.3 is 24.3 Å². The Morgan fingerprint density at radius 2 is 1.55 bits per heavy atom. The maximum Gasteiger partial charge on any atom is 0.271 e. The number of carbonyl (C=O) groups is 2. The monoisotopic (exact) mass is 449 g/mol. The van der Waals surface area contributed by atoms with Gasteiger partial charge in [0.2, 0.25) is 5.91 Å². The van der Waals surface area contributed by atoms with Gasteiger partial charge in [0.25, 0.3) is 5.91 Å². The maximum absolute atomic E-state index is 12.4. The summed E-state index contributed by atoms with van der Waals surface area (Å²) in [6.45, 7) is 1.62. The predicted octanol–water partition coefficient (Wildman–Crippen LogP) is 3.51. The molecule has 0 aliphatic heterocycles. The molecule has 2 rings (SSSR count). The van der Waals surface area contributed by atoms with Crippen molar-refractivity contribution in [2.24, 2.45) is 5.10 Å². The van der Waals surface area contributed by atoms with Crippen molar-refractivity contribution in [3.63, 3.8) is 0 Å². The zero-order valence-corrected chi connectivity index (χ0v) is 18.6. The summed E-state index contributed by atoms with van der Waals surface area (Å²) < 4.78 is 20.7. The van der Waals surface area contributed by atoms with Gasteiger partial charge in [0.1, 0.15) is 11.5 Å². The third kappa shape index (κ3) is 6.26. The lowest BCUT2D eigenvalue weighted by Crippen LogP contribution is -2.21. The lowest BCUT2D eigenvalue weighted by molar-refractivity contribution is -0.115. The van der Waals surface area contributed by atoms with Crippen molar-refractivity contribution in [1.82, 2.24) is 5.43 Å². The van der Waals surface area contributed by atoms with Crippen molar-refractivity contribution in [3.05, 3.63) is 40.9 Å². The van der Waals surface area contributed by atoms with Crippen LogP contribution in [0.4, 0.5) is 5.69 Å². The number of nitrogens with zero attached hydrogens (tertiary/aromatic N) is 1. The first-order valence-electron chi connectivity index (χ1n) is 9.09. The van der Waals surface area contributed by atoms with Crippen LogP contribution in [0, 0.1) is 0 Å².